The second-order valence-corrected chi connectivity index (χ2v) is 8.72. The molecular formula is C20H35N3O5. The average molecular weight is 398 g/mol. The van der Waals surface area contributed by atoms with E-state index in [1.54, 1.807) is 0 Å². The number of aliphatic carboxylic acids is 2. The van der Waals surface area contributed by atoms with Crippen LogP contribution in [0.5, 0.6) is 0 Å². The lowest BCUT2D eigenvalue weighted by atomic mass is 9.91. The Morgan fingerprint density at radius 2 is 1.43 bits per heavy atom. The Bertz CT molecular complexity index is 518. The summed E-state index contributed by atoms with van der Waals surface area (Å²) in [6.45, 7) is 8.56. The number of piperidine rings is 1. The van der Waals surface area contributed by atoms with Crippen LogP contribution >= 0.6 is 0 Å². The number of hydrogen-bond acceptors (Lipinski definition) is 6. The number of hydrogen-bond donors (Lipinski definition) is 3. The molecule has 4 rings (SSSR count). The Hall–Kier alpha value is -1.22. The molecule has 4 aliphatic rings. The summed E-state index contributed by atoms with van der Waals surface area (Å²) in [6.07, 6.45) is 8.85. The third kappa shape index (κ3) is 5.43. The number of carbonyl (C=O) groups is 2. The standard InChI is InChI=1S/C18H33N3O.C2H2O4/c22-12-11-19-7-9-20(10-8-19)17-3-5-21(6-4-17)18-14-15-1-2-16(18)13-15;3-1(4)2(5)6/h15-18,22H,1-14H2;(H,3,4)(H,5,6). The van der Waals surface area contributed by atoms with Crippen molar-refractivity contribution < 1.29 is 24.9 Å². The van der Waals surface area contributed by atoms with Crippen molar-refractivity contribution in [2.45, 2.75) is 50.6 Å². The Balaban J connectivity index is 0.000000330. The number of carboxylic acid groups (broad SMARTS) is 2. The van der Waals surface area contributed by atoms with Crippen molar-refractivity contribution in [3.05, 3.63) is 0 Å². The van der Waals surface area contributed by atoms with E-state index in [0.29, 0.717) is 6.61 Å². The van der Waals surface area contributed by atoms with E-state index in [-0.39, 0.29) is 0 Å². The van der Waals surface area contributed by atoms with Crippen LogP contribution in [-0.4, -0.2) is 106 Å². The Morgan fingerprint density at radius 3 is 1.89 bits per heavy atom. The number of piperazine rings is 1. The summed E-state index contributed by atoms with van der Waals surface area (Å²) in [7, 11) is 0. The van der Waals surface area contributed by atoms with Crippen LogP contribution in [0.3, 0.4) is 0 Å². The van der Waals surface area contributed by atoms with Crippen LogP contribution in [0.1, 0.15) is 38.5 Å². The predicted molar refractivity (Wildman–Crippen MR) is 104 cm³/mol. The van der Waals surface area contributed by atoms with Gasteiger partial charge in [-0.3, -0.25) is 14.7 Å². The summed E-state index contributed by atoms with van der Waals surface area (Å²) < 4.78 is 0. The lowest BCUT2D eigenvalue weighted by molar-refractivity contribution is -0.159. The normalized spacial score (nSPS) is 32.1. The third-order valence-electron chi connectivity index (χ3n) is 7.19. The van der Waals surface area contributed by atoms with Crippen molar-refractivity contribution in [3.8, 4) is 0 Å². The first-order valence-electron chi connectivity index (χ1n) is 10.8. The van der Waals surface area contributed by atoms with E-state index in [2.05, 4.69) is 14.7 Å². The number of nitrogens with zero attached hydrogens (tertiary/aromatic N) is 3. The minimum Gasteiger partial charge on any atom is -0.473 e. The molecule has 0 aromatic heterocycles. The van der Waals surface area contributed by atoms with E-state index in [1.165, 1.54) is 64.7 Å². The molecule has 0 aromatic rings. The van der Waals surface area contributed by atoms with Gasteiger partial charge < -0.3 is 15.3 Å². The highest BCUT2D eigenvalue weighted by molar-refractivity contribution is 6.27. The maximum absolute atomic E-state index is 9.10. The smallest absolute Gasteiger partial charge is 0.414 e. The molecular weight excluding hydrogens is 362 g/mol. The molecule has 0 amide bonds. The summed E-state index contributed by atoms with van der Waals surface area (Å²) in [5.74, 6) is -1.53. The van der Waals surface area contributed by atoms with Crippen molar-refractivity contribution in [3.63, 3.8) is 0 Å². The summed E-state index contributed by atoms with van der Waals surface area (Å²) in [5, 5.41) is 23.8. The summed E-state index contributed by atoms with van der Waals surface area (Å²) >= 11 is 0. The monoisotopic (exact) mass is 397 g/mol. The maximum Gasteiger partial charge on any atom is 0.414 e. The number of carboxylic acids is 2. The number of β-amino-alcohol motifs (C(OH)–C–C–N with tert-alkyl or cyclic N) is 1. The summed E-state index contributed by atoms with van der Waals surface area (Å²) in [6, 6.07) is 1.77. The molecule has 3 atom stereocenters. The first-order valence-corrected chi connectivity index (χ1v) is 10.8. The fourth-order valence-corrected chi connectivity index (χ4v) is 5.73. The minimum absolute atomic E-state index is 0.307. The van der Waals surface area contributed by atoms with Gasteiger partial charge in [0.25, 0.3) is 0 Å². The van der Waals surface area contributed by atoms with Crippen LogP contribution in [-0.2, 0) is 9.59 Å². The zero-order chi connectivity index (χ0) is 20.1. The molecule has 2 aliphatic carbocycles. The molecule has 2 aliphatic heterocycles. The van der Waals surface area contributed by atoms with Crippen molar-refractivity contribution in [1.29, 1.82) is 0 Å². The maximum atomic E-state index is 9.10. The Morgan fingerprint density at radius 1 is 0.786 bits per heavy atom. The molecule has 3 unspecified atom stereocenters. The van der Waals surface area contributed by atoms with Crippen molar-refractivity contribution in [2.75, 3.05) is 52.4 Å². The Labute approximate surface area is 167 Å². The van der Waals surface area contributed by atoms with Gasteiger partial charge in [0.1, 0.15) is 0 Å². The van der Waals surface area contributed by atoms with E-state index >= 15 is 0 Å². The van der Waals surface area contributed by atoms with Gasteiger partial charge in [0.15, 0.2) is 0 Å². The SMILES string of the molecule is O=C(O)C(=O)O.OCCN1CCN(C2CCN(C3CC4CCC3C4)CC2)CC1. The molecule has 3 N–H and O–H groups in total. The van der Waals surface area contributed by atoms with Gasteiger partial charge in [-0.1, -0.05) is 6.42 Å². The van der Waals surface area contributed by atoms with Gasteiger partial charge in [-0.2, -0.15) is 0 Å². The van der Waals surface area contributed by atoms with Gasteiger partial charge >= 0.3 is 11.9 Å². The van der Waals surface area contributed by atoms with E-state index in [0.717, 1.165) is 43.6 Å². The second kappa shape index (κ2) is 10.0. The Kier molecular flexibility index (Phi) is 7.68. The van der Waals surface area contributed by atoms with Crippen LogP contribution < -0.4 is 0 Å². The van der Waals surface area contributed by atoms with E-state index < -0.39 is 11.9 Å². The fourth-order valence-electron chi connectivity index (χ4n) is 5.73. The quantitative estimate of drug-likeness (QED) is 0.586. The molecule has 2 bridgehead atoms. The fraction of sp³-hybridized carbons (Fsp3) is 0.900. The second-order valence-electron chi connectivity index (χ2n) is 8.72. The lowest BCUT2D eigenvalue weighted by Gasteiger charge is -2.45. The highest BCUT2D eigenvalue weighted by Crippen LogP contribution is 2.47. The van der Waals surface area contributed by atoms with Crippen LogP contribution in [0, 0.1) is 11.8 Å². The molecule has 2 heterocycles. The van der Waals surface area contributed by atoms with E-state index in [1.807, 2.05) is 0 Å². The highest BCUT2D eigenvalue weighted by atomic mass is 16.4. The molecule has 8 nitrogen and oxygen atoms in total. The molecule has 0 aromatic carbocycles. The van der Waals surface area contributed by atoms with Crippen molar-refractivity contribution >= 4 is 11.9 Å². The molecule has 4 fully saturated rings. The number of likely N-dealkylation sites (tertiary alicyclic amines) is 1. The minimum atomic E-state index is -1.82. The van der Waals surface area contributed by atoms with Gasteiger partial charge in [0.2, 0.25) is 0 Å². The van der Waals surface area contributed by atoms with Crippen molar-refractivity contribution in [2.24, 2.45) is 11.8 Å². The number of aliphatic hydroxyl groups excluding tert-OH is 1. The zero-order valence-corrected chi connectivity index (χ0v) is 16.7. The topological polar surface area (TPSA) is 105 Å². The third-order valence-corrected chi connectivity index (χ3v) is 7.19. The highest BCUT2D eigenvalue weighted by Gasteiger charge is 2.43. The lowest BCUT2D eigenvalue weighted by Crippen LogP contribution is -2.54. The van der Waals surface area contributed by atoms with Gasteiger partial charge in [-0.05, 0) is 57.0 Å². The molecule has 28 heavy (non-hydrogen) atoms. The van der Waals surface area contributed by atoms with Gasteiger partial charge in [0, 0.05) is 44.8 Å². The van der Waals surface area contributed by atoms with Crippen LogP contribution in [0.2, 0.25) is 0 Å². The molecule has 0 spiro atoms. The van der Waals surface area contributed by atoms with Gasteiger partial charge in [-0.25, -0.2) is 9.59 Å². The van der Waals surface area contributed by atoms with Gasteiger partial charge in [0.05, 0.1) is 6.61 Å². The van der Waals surface area contributed by atoms with Crippen LogP contribution in [0.4, 0.5) is 0 Å². The first kappa shape index (κ1) is 21.5. The zero-order valence-electron chi connectivity index (χ0n) is 16.7. The number of aliphatic hydroxyl groups is 1. The molecule has 2 saturated carbocycles. The average Bonchev–Trinajstić information content (AvgIpc) is 3.33. The van der Waals surface area contributed by atoms with E-state index in [4.69, 9.17) is 24.9 Å². The predicted octanol–water partition coefficient (Wildman–Crippen LogP) is 0.405. The number of fused-ring (bicyclic) bond motifs is 2. The van der Waals surface area contributed by atoms with E-state index in [9.17, 15) is 0 Å². The molecule has 8 heteroatoms. The van der Waals surface area contributed by atoms with Crippen LogP contribution in [0.15, 0.2) is 0 Å². The molecule has 0 radical (unpaired) electrons. The number of rotatable bonds is 4. The summed E-state index contributed by atoms with van der Waals surface area (Å²) in [5.41, 5.74) is 0. The van der Waals surface area contributed by atoms with Crippen LogP contribution in [0.25, 0.3) is 0 Å². The van der Waals surface area contributed by atoms with Crippen molar-refractivity contribution in [1.82, 2.24) is 14.7 Å². The first-order chi connectivity index (χ1) is 13.5. The summed E-state index contributed by atoms with van der Waals surface area (Å²) in [4.78, 5) is 26.2. The molecule has 2 saturated heterocycles. The van der Waals surface area contributed by atoms with Gasteiger partial charge in [-0.15, -0.1) is 0 Å². The largest absolute Gasteiger partial charge is 0.473 e. The molecule has 160 valence electrons.